The average molecular weight is 352 g/mol. The molecular formula is C11H14BrNO5S. The Morgan fingerprint density at radius 1 is 1.47 bits per heavy atom. The van der Waals surface area contributed by atoms with Crippen LogP contribution in [0, 0.1) is 6.92 Å². The SMILES string of the molecule is Cc1c(Br)cc(C(=O)O)cc1S(=O)(=O)N[C@@H](C)CO. The van der Waals surface area contributed by atoms with Gasteiger partial charge in [-0.2, -0.15) is 0 Å². The molecule has 6 nitrogen and oxygen atoms in total. The van der Waals surface area contributed by atoms with Gasteiger partial charge in [-0.25, -0.2) is 17.9 Å². The molecule has 0 saturated carbocycles. The Labute approximate surface area is 119 Å². The first-order valence-corrected chi connectivity index (χ1v) is 7.63. The Balaban J connectivity index is 3.37. The molecule has 0 unspecified atom stereocenters. The maximum atomic E-state index is 12.1. The fraction of sp³-hybridized carbons (Fsp3) is 0.364. The van der Waals surface area contributed by atoms with Crippen LogP contribution in [0.15, 0.2) is 21.5 Å². The fourth-order valence-electron chi connectivity index (χ4n) is 1.42. The van der Waals surface area contributed by atoms with Gasteiger partial charge in [0.1, 0.15) is 0 Å². The molecule has 0 bridgehead atoms. The van der Waals surface area contributed by atoms with Crippen LogP contribution < -0.4 is 4.72 Å². The molecule has 3 N–H and O–H groups in total. The molecular weight excluding hydrogens is 338 g/mol. The lowest BCUT2D eigenvalue weighted by Gasteiger charge is -2.14. The topological polar surface area (TPSA) is 104 Å². The lowest BCUT2D eigenvalue weighted by Crippen LogP contribution is -2.35. The van der Waals surface area contributed by atoms with E-state index < -0.39 is 22.0 Å². The summed E-state index contributed by atoms with van der Waals surface area (Å²) in [4.78, 5) is 10.8. The summed E-state index contributed by atoms with van der Waals surface area (Å²) < 4.78 is 26.9. The minimum Gasteiger partial charge on any atom is -0.478 e. The van der Waals surface area contributed by atoms with Gasteiger partial charge in [-0.3, -0.25) is 0 Å². The second-order valence-electron chi connectivity index (χ2n) is 4.09. The summed E-state index contributed by atoms with van der Waals surface area (Å²) >= 11 is 3.14. The standard InChI is InChI=1S/C11H14BrNO5S/c1-6(5-14)13-19(17,18)10-4-8(11(15)16)3-9(12)7(10)2/h3-4,6,13-14H,5H2,1-2H3,(H,15,16)/t6-/m0/s1. The van der Waals surface area contributed by atoms with E-state index in [0.717, 1.165) is 6.07 Å². The van der Waals surface area contributed by atoms with Crippen molar-refractivity contribution in [2.75, 3.05) is 6.61 Å². The lowest BCUT2D eigenvalue weighted by molar-refractivity contribution is 0.0696. The highest BCUT2D eigenvalue weighted by molar-refractivity contribution is 9.10. The van der Waals surface area contributed by atoms with E-state index in [1.54, 1.807) is 6.92 Å². The van der Waals surface area contributed by atoms with Crippen molar-refractivity contribution in [3.63, 3.8) is 0 Å². The molecule has 0 aromatic heterocycles. The molecule has 0 saturated heterocycles. The quantitative estimate of drug-likeness (QED) is 0.737. The van der Waals surface area contributed by atoms with Crippen molar-refractivity contribution in [3.05, 3.63) is 27.7 Å². The summed E-state index contributed by atoms with van der Waals surface area (Å²) in [7, 11) is -3.88. The van der Waals surface area contributed by atoms with Crippen LogP contribution in [0.3, 0.4) is 0 Å². The van der Waals surface area contributed by atoms with Gasteiger partial charge in [0.15, 0.2) is 0 Å². The number of hydrogen-bond acceptors (Lipinski definition) is 4. The highest BCUT2D eigenvalue weighted by Crippen LogP contribution is 2.26. The normalized spacial score (nSPS) is 13.3. The van der Waals surface area contributed by atoms with Crippen molar-refractivity contribution in [2.24, 2.45) is 0 Å². The number of nitrogens with one attached hydrogen (secondary N) is 1. The molecule has 8 heteroatoms. The van der Waals surface area contributed by atoms with Crippen molar-refractivity contribution >= 4 is 31.9 Å². The smallest absolute Gasteiger partial charge is 0.335 e. The number of carbonyl (C=O) groups is 1. The third kappa shape index (κ3) is 3.75. The number of aliphatic hydroxyl groups excluding tert-OH is 1. The maximum absolute atomic E-state index is 12.1. The molecule has 106 valence electrons. The first-order chi connectivity index (χ1) is 8.69. The number of rotatable bonds is 5. The molecule has 1 atom stereocenters. The van der Waals surface area contributed by atoms with Crippen LogP contribution in [0.2, 0.25) is 0 Å². The van der Waals surface area contributed by atoms with Gasteiger partial charge in [0.25, 0.3) is 0 Å². The van der Waals surface area contributed by atoms with Crippen molar-refractivity contribution in [1.82, 2.24) is 4.72 Å². The fourth-order valence-corrected chi connectivity index (χ4v) is 3.54. The maximum Gasteiger partial charge on any atom is 0.335 e. The summed E-state index contributed by atoms with van der Waals surface area (Å²) in [6, 6.07) is 1.78. The number of benzene rings is 1. The molecule has 0 aliphatic rings. The zero-order valence-corrected chi connectivity index (χ0v) is 12.7. The molecule has 19 heavy (non-hydrogen) atoms. The first kappa shape index (κ1) is 16.1. The van der Waals surface area contributed by atoms with Gasteiger partial charge < -0.3 is 10.2 Å². The van der Waals surface area contributed by atoms with Crippen molar-refractivity contribution in [2.45, 2.75) is 24.8 Å². The molecule has 0 heterocycles. The summed E-state index contributed by atoms with van der Waals surface area (Å²) in [5.41, 5.74) is 0.275. The number of hydrogen-bond donors (Lipinski definition) is 3. The van der Waals surface area contributed by atoms with E-state index >= 15 is 0 Å². The number of carboxylic acids is 1. The van der Waals surface area contributed by atoms with Gasteiger partial charge >= 0.3 is 5.97 Å². The van der Waals surface area contributed by atoms with E-state index in [1.165, 1.54) is 13.0 Å². The van der Waals surface area contributed by atoms with Gasteiger partial charge in [-0.05, 0) is 31.5 Å². The first-order valence-electron chi connectivity index (χ1n) is 5.35. The Morgan fingerprint density at radius 2 is 2.05 bits per heavy atom. The van der Waals surface area contributed by atoms with E-state index in [-0.39, 0.29) is 17.1 Å². The second kappa shape index (κ2) is 6.00. The largest absolute Gasteiger partial charge is 0.478 e. The number of halogens is 1. The van der Waals surface area contributed by atoms with Gasteiger partial charge in [-0.15, -0.1) is 0 Å². The number of sulfonamides is 1. The Morgan fingerprint density at radius 3 is 2.53 bits per heavy atom. The minimum absolute atomic E-state index is 0.125. The molecule has 0 radical (unpaired) electrons. The lowest BCUT2D eigenvalue weighted by atomic mass is 10.1. The molecule has 0 fully saturated rings. The second-order valence-corrected chi connectivity index (χ2v) is 6.63. The molecule has 0 spiro atoms. The minimum atomic E-state index is -3.88. The predicted molar refractivity (Wildman–Crippen MR) is 72.7 cm³/mol. The Bertz CT molecular complexity index is 599. The van der Waals surface area contributed by atoms with Crippen LogP contribution >= 0.6 is 15.9 Å². The molecule has 0 amide bonds. The van der Waals surface area contributed by atoms with E-state index in [4.69, 9.17) is 10.2 Å². The summed E-state index contributed by atoms with van der Waals surface area (Å²) in [6.07, 6.45) is 0. The zero-order chi connectivity index (χ0) is 14.8. The van der Waals surface area contributed by atoms with Crippen LogP contribution in [0.4, 0.5) is 0 Å². The Kier molecular flexibility index (Phi) is 5.08. The van der Waals surface area contributed by atoms with E-state index in [2.05, 4.69) is 20.7 Å². The highest BCUT2D eigenvalue weighted by atomic mass is 79.9. The van der Waals surface area contributed by atoms with Crippen molar-refractivity contribution in [3.8, 4) is 0 Å². The van der Waals surface area contributed by atoms with Crippen LogP contribution in [-0.4, -0.2) is 37.2 Å². The predicted octanol–water partition coefficient (Wildman–Crippen LogP) is 1.11. The van der Waals surface area contributed by atoms with Crippen LogP contribution in [-0.2, 0) is 10.0 Å². The number of carboxylic acid groups (broad SMARTS) is 1. The Hall–Kier alpha value is -0.960. The van der Waals surface area contributed by atoms with E-state index in [0.29, 0.717) is 10.0 Å². The van der Waals surface area contributed by atoms with Gasteiger partial charge in [-0.1, -0.05) is 15.9 Å². The summed E-state index contributed by atoms with van der Waals surface area (Å²) in [6.45, 7) is 2.72. The molecule has 1 rings (SSSR count). The third-order valence-corrected chi connectivity index (χ3v) is 5.00. The zero-order valence-electron chi connectivity index (χ0n) is 10.3. The molecule has 0 aliphatic carbocycles. The van der Waals surface area contributed by atoms with Crippen LogP contribution in [0.1, 0.15) is 22.8 Å². The highest BCUT2D eigenvalue weighted by Gasteiger charge is 2.22. The summed E-state index contributed by atoms with van der Waals surface area (Å²) in [5.74, 6) is -1.22. The van der Waals surface area contributed by atoms with E-state index in [1.807, 2.05) is 0 Å². The van der Waals surface area contributed by atoms with Crippen molar-refractivity contribution in [1.29, 1.82) is 0 Å². The molecule has 1 aromatic carbocycles. The number of aliphatic hydroxyl groups is 1. The molecule has 1 aromatic rings. The average Bonchev–Trinajstić information content (AvgIpc) is 2.31. The van der Waals surface area contributed by atoms with Gasteiger partial charge in [0.2, 0.25) is 10.0 Å². The van der Waals surface area contributed by atoms with Crippen molar-refractivity contribution < 1.29 is 23.4 Å². The summed E-state index contributed by atoms with van der Waals surface area (Å²) in [5, 5.41) is 17.8. The van der Waals surface area contributed by atoms with Gasteiger partial charge in [0, 0.05) is 10.5 Å². The molecule has 0 aliphatic heterocycles. The number of aromatic carboxylic acids is 1. The van der Waals surface area contributed by atoms with Gasteiger partial charge in [0.05, 0.1) is 17.1 Å². The van der Waals surface area contributed by atoms with E-state index in [9.17, 15) is 13.2 Å². The van der Waals surface area contributed by atoms with Crippen LogP contribution in [0.5, 0.6) is 0 Å². The van der Waals surface area contributed by atoms with Crippen LogP contribution in [0.25, 0.3) is 0 Å². The monoisotopic (exact) mass is 351 g/mol. The third-order valence-electron chi connectivity index (χ3n) is 2.46.